The SMILES string of the molecule is CCCn1cc(CNC(C)(CCC)C(=O)O)cn1. The first kappa shape index (κ1) is 14.7. The van der Waals surface area contributed by atoms with E-state index in [1.54, 1.807) is 13.1 Å². The van der Waals surface area contributed by atoms with E-state index in [1.807, 2.05) is 17.8 Å². The van der Waals surface area contributed by atoms with Gasteiger partial charge in [-0.25, -0.2) is 0 Å². The summed E-state index contributed by atoms with van der Waals surface area (Å²) in [6.07, 6.45) is 6.25. The van der Waals surface area contributed by atoms with Gasteiger partial charge in [0.25, 0.3) is 0 Å². The summed E-state index contributed by atoms with van der Waals surface area (Å²) >= 11 is 0. The fourth-order valence-electron chi connectivity index (χ4n) is 1.92. The number of rotatable bonds is 8. The average molecular weight is 253 g/mol. The number of nitrogens with zero attached hydrogens (tertiary/aromatic N) is 2. The smallest absolute Gasteiger partial charge is 0.323 e. The predicted molar refractivity (Wildman–Crippen MR) is 70.3 cm³/mol. The first-order valence-corrected chi connectivity index (χ1v) is 6.51. The summed E-state index contributed by atoms with van der Waals surface area (Å²) in [7, 11) is 0. The van der Waals surface area contributed by atoms with E-state index in [-0.39, 0.29) is 0 Å². The molecule has 0 aliphatic heterocycles. The van der Waals surface area contributed by atoms with E-state index in [0.717, 1.165) is 24.9 Å². The molecular weight excluding hydrogens is 230 g/mol. The molecule has 0 spiro atoms. The molecule has 18 heavy (non-hydrogen) atoms. The van der Waals surface area contributed by atoms with Crippen molar-refractivity contribution in [2.75, 3.05) is 0 Å². The summed E-state index contributed by atoms with van der Waals surface area (Å²) in [6, 6.07) is 0. The molecule has 1 rings (SSSR count). The summed E-state index contributed by atoms with van der Waals surface area (Å²) < 4.78 is 1.88. The lowest BCUT2D eigenvalue weighted by atomic mass is 9.96. The third-order valence-corrected chi connectivity index (χ3v) is 3.04. The van der Waals surface area contributed by atoms with Gasteiger partial charge in [-0.2, -0.15) is 5.10 Å². The van der Waals surface area contributed by atoms with Crippen LogP contribution in [0.25, 0.3) is 0 Å². The van der Waals surface area contributed by atoms with Gasteiger partial charge < -0.3 is 5.11 Å². The maximum Gasteiger partial charge on any atom is 0.323 e. The number of aliphatic carboxylic acids is 1. The number of hydrogen-bond donors (Lipinski definition) is 2. The molecule has 1 heterocycles. The Morgan fingerprint density at radius 2 is 2.22 bits per heavy atom. The van der Waals surface area contributed by atoms with E-state index in [9.17, 15) is 9.90 Å². The van der Waals surface area contributed by atoms with Crippen molar-refractivity contribution in [2.45, 2.75) is 58.7 Å². The number of nitrogens with one attached hydrogen (secondary N) is 1. The van der Waals surface area contributed by atoms with Crippen molar-refractivity contribution in [2.24, 2.45) is 0 Å². The molecule has 0 fully saturated rings. The van der Waals surface area contributed by atoms with E-state index in [2.05, 4.69) is 17.3 Å². The van der Waals surface area contributed by atoms with Gasteiger partial charge in [0.15, 0.2) is 0 Å². The largest absolute Gasteiger partial charge is 0.480 e. The van der Waals surface area contributed by atoms with Crippen LogP contribution in [0.2, 0.25) is 0 Å². The highest BCUT2D eigenvalue weighted by Crippen LogP contribution is 2.13. The minimum atomic E-state index is -0.860. The molecule has 0 saturated carbocycles. The second kappa shape index (κ2) is 6.54. The summed E-state index contributed by atoms with van der Waals surface area (Å²) in [5.41, 5.74) is 0.161. The molecular formula is C13H23N3O2. The zero-order chi connectivity index (χ0) is 13.6. The van der Waals surface area contributed by atoms with Crippen molar-refractivity contribution in [3.8, 4) is 0 Å². The van der Waals surface area contributed by atoms with Crippen LogP contribution in [0.4, 0.5) is 0 Å². The summed E-state index contributed by atoms with van der Waals surface area (Å²) in [5.74, 6) is -0.801. The van der Waals surface area contributed by atoms with Crippen molar-refractivity contribution in [1.82, 2.24) is 15.1 Å². The normalized spacial score (nSPS) is 14.4. The van der Waals surface area contributed by atoms with E-state index in [4.69, 9.17) is 0 Å². The highest BCUT2D eigenvalue weighted by Gasteiger charge is 2.31. The van der Waals surface area contributed by atoms with Crippen molar-refractivity contribution < 1.29 is 9.90 Å². The first-order valence-electron chi connectivity index (χ1n) is 6.51. The lowest BCUT2D eigenvalue weighted by Crippen LogP contribution is -2.48. The number of aryl methyl sites for hydroxylation is 1. The molecule has 102 valence electrons. The summed E-state index contributed by atoms with van der Waals surface area (Å²) in [4.78, 5) is 11.3. The van der Waals surface area contributed by atoms with Crippen LogP contribution < -0.4 is 5.32 Å². The zero-order valence-electron chi connectivity index (χ0n) is 11.4. The Kier molecular flexibility index (Phi) is 5.34. The van der Waals surface area contributed by atoms with E-state index >= 15 is 0 Å². The second-order valence-electron chi connectivity index (χ2n) is 4.85. The van der Waals surface area contributed by atoms with Gasteiger partial charge in [-0.1, -0.05) is 20.3 Å². The molecule has 0 aliphatic carbocycles. The van der Waals surface area contributed by atoms with Gasteiger partial charge in [0, 0.05) is 24.8 Å². The third kappa shape index (κ3) is 3.84. The van der Waals surface area contributed by atoms with Gasteiger partial charge in [-0.05, 0) is 19.8 Å². The summed E-state index contributed by atoms with van der Waals surface area (Å²) in [5, 5.41) is 16.6. The molecule has 1 atom stereocenters. The lowest BCUT2D eigenvalue weighted by Gasteiger charge is -2.25. The van der Waals surface area contributed by atoms with Crippen LogP contribution in [-0.4, -0.2) is 26.4 Å². The van der Waals surface area contributed by atoms with Crippen LogP contribution >= 0.6 is 0 Å². The fourth-order valence-corrected chi connectivity index (χ4v) is 1.92. The van der Waals surface area contributed by atoms with E-state index in [1.165, 1.54) is 0 Å². The van der Waals surface area contributed by atoms with Gasteiger partial charge in [-0.3, -0.25) is 14.8 Å². The minimum Gasteiger partial charge on any atom is -0.480 e. The number of carbonyl (C=O) groups is 1. The van der Waals surface area contributed by atoms with Crippen molar-refractivity contribution in [1.29, 1.82) is 0 Å². The Labute approximate surface area is 108 Å². The molecule has 1 aromatic heterocycles. The number of carboxylic acids is 1. The average Bonchev–Trinajstić information content (AvgIpc) is 2.75. The molecule has 1 aromatic rings. The standard InChI is InChI=1S/C13H23N3O2/c1-4-6-13(3,12(17)18)14-8-11-9-15-16(10-11)7-5-2/h9-10,14H,4-8H2,1-3H3,(H,17,18). The van der Waals surface area contributed by atoms with Crippen LogP contribution in [0.5, 0.6) is 0 Å². The highest BCUT2D eigenvalue weighted by atomic mass is 16.4. The number of hydrogen-bond acceptors (Lipinski definition) is 3. The molecule has 0 bridgehead atoms. The van der Waals surface area contributed by atoms with Crippen LogP contribution in [0.1, 0.15) is 45.6 Å². The molecule has 1 unspecified atom stereocenters. The molecule has 0 aliphatic rings. The molecule has 0 amide bonds. The molecule has 5 heteroatoms. The topological polar surface area (TPSA) is 67.2 Å². The molecule has 0 saturated heterocycles. The minimum absolute atomic E-state index is 0.534. The van der Waals surface area contributed by atoms with Gasteiger partial charge >= 0.3 is 5.97 Å². The first-order chi connectivity index (χ1) is 8.51. The van der Waals surface area contributed by atoms with Gasteiger partial charge in [0.05, 0.1) is 6.20 Å². The third-order valence-electron chi connectivity index (χ3n) is 3.04. The summed E-state index contributed by atoms with van der Waals surface area (Å²) in [6.45, 7) is 7.25. The van der Waals surface area contributed by atoms with Crippen LogP contribution in [0, 0.1) is 0 Å². The number of carboxylic acid groups (broad SMARTS) is 1. The molecule has 2 N–H and O–H groups in total. The Hall–Kier alpha value is -1.36. The molecule has 5 nitrogen and oxygen atoms in total. The number of aromatic nitrogens is 2. The maximum atomic E-state index is 11.3. The quantitative estimate of drug-likeness (QED) is 0.744. The van der Waals surface area contributed by atoms with Crippen molar-refractivity contribution >= 4 is 5.97 Å². The maximum absolute atomic E-state index is 11.3. The monoisotopic (exact) mass is 253 g/mol. The van der Waals surface area contributed by atoms with Crippen LogP contribution in [0.15, 0.2) is 12.4 Å². The Morgan fingerprint density at radius 1 is 1.50 bits per heavy atom. The van der Waals surface area contributed by atoms with Gasteiger partial charge in [-0.15, -0.1) is 0 Å². The Morgan fingerprint density at radius 3 is 2.78 bits per heavy atom. The predicted octanol–water partition coefficient (Wildman–Crippen LogP) is 2.03. The van der Waals surface area contributed by atoms with E-state index < -0.39 is 11.5 Å². The van der Waals surface area contributed by atoms with Gasteiger partial charge in [0.1, 0.15) is 5.54 Å². The lowest BCUT2D eigenvalue weighted by molar-refractivity contribution is -0.144. The Bertz CT molecular complexity index is 389. The van der Waals surface area contributed by atoms with Crippen LogP contribution in [-0.2, 0) is 17.9 Å². The van der Waals surface area contributed by atoms with Gasteiger partial charge in [0.2, 0.25) is 0 Å². The van der Waals surface area contributed by atoms with Crippen molar-refractivity contribution in [3.05, 3.63) is 18.0 Å². The molecule has 0 radical (unpaired) electrons. The van der Waals surface area contributed by atoms with Crippen LogP contribution in [0.3, 0.4) is 0 Å². The highest BCUT2D eigenvalue weighted by molar-refractivity contribution is 5.78. The fraction of sp³-hybridized carbons (Fsp3) is 0.692. The van der Waals surface area contributed by atoms with Crippen molar-refractivity contribution in [3.63, 3.8) is 0 Å². The molecule has 0 aromatic carbocycles. The second-order valence-corrected chi connectivity index (χ2v) is 4.85. The Balaban J connectivity index is 2.58. The van der Waals surface area contributed by atoms with E-state index in [0.29, 0.717) is 13.0 Å². The zero-order valence-corrected chi connectivity index (χ0v) is 11.4.